The molecule has 2 N–H and O–H groups in total. The van der Waals surface area contributed by atoms with Gasteiger partial charge in [0.15, 0.2) is 0 Å². The van der Waals surface area contributed by atoms with Crippen molar-refractivity contribution in [3.63, 3.8) is 0 Å². The van der Waals surface area contributed by atoms with Crippen LogP contribution in [0.1, 0.15) is 5.56 Å². The Morgan fingerprint density at radius 1 is 1.41 bits per heavy atom. The fourth-order valence-corrected chi connectivity index (χ4v) is 4.14. The summed E-state index contributed by atoms with van der Waals surface area (Å²) in [5.74, 6) is 0.807. The first-order valence-electron chi connectivity index (χ1n) is 8.02. The van der Waals surface area contributed by atoms with Gasteiger partial charge in [-0.3, -0.25) is 9.69 Å². The molecular weight excluding hydrogens is 411 g/mol. The quantitative estimate of drug-likeness (QED) is 0.424. The van der Waals surface area contributed by atoms with E-state index in [9.17, 15) is 9.59 Å². The van der Waals surface area contributed by atoms with Crippen LogP contribution >= 0.6 is 35.8 Å². The number of ether oxygens (including phenoxy) is 2. The van der Waals surface area contributed by atoms with Crippen molar-refractivity contribution in [3.05, 3.63) is 53.3 Å². The van der Waals surface area contributed by atoms with E-state index in [1.165, 1.54) is 16.7 Å². The molecule has 0 aromatic heterocycles. The summed E-state index contributed by atoms with van der Waals surface area (Å²) >= 11 is 7.23. The van der Waals surface area contributed by atoms with E-state index in [0.717, 1.165) is 11.3 Å². The van der Waals surface area contributed by atoms with Gasteiger partial charge in [0, 0.05) is 11.6 Å². The molecule has 2 atom stereocenters. The number of rotatable bonds is 6. The van der Waals surface area contributed by atoms with Crippen molar-refractivity contribution < 1.29 is 19.1 Å². The van der Waals surface area contributed by atoms with Crippen LogP contribution in [0.4, 0.5) is 0 Å². The van der Waals surface area contributed by atoms with E-state index in [4.69, 9.17) is 26.8 Å². The second-order valence-corrected chi connectivity index (χ2v) is 7.20. The molecule has 3 rings (SSSR count). The number of β-lactam (4-membered cyclic amide) rings is 1. The van der Waals surface area contributed by atoms with Crippen LogP contribution in [-0.4, -0.2) is 46.9 Å². The summed E-state index contributed by atoms with van der Waals surface area (Å²) in [6, 6.07) is 6.64. The van der Waals surface area contributed by atoms with Crippen molar-refractivity contribution in [2.24, 2.45) is 5.73 Å². The molecule has 1 aromatic rings. The molecule has 27 heavy (non-hydrogen) atoms. The number of benzene rings is 1. The van der Waals surface area contributed by atoms with E-state index in [1.54, 1.807) is 31.4 Å². The largest absolute Gasteiger partial charge is 0.497 e. The average Bonchev–Trinajstić information content (AvgIpc) is 2.69. The van der Waals surface area contributed by atoms with Crippen LogP contribution < -0.4 is 10.5 Å². The second kappa shape index (κ2) is 9.50. The molecule has 1 saturated heterocycles. The number of amides is 1. The van der Waals surface area contributed by atoms with Crippen molar-refractivity contribution in [3.8, 4) is 5.75 Å². The molecule has 146 valence electrons. The number of thioether (sulfide) groups is 1. The third kappa shape index (κ3) is 4.43. The molecule has 9 heteroatoms. The molecule has 2 aliphatic heterocycles. The van der Waals surface area contributed by atoms with Gasteiger partial charge >= 0.3 is 5.97 Å². The lowest BCUT2D eigenvalue weighted by molar-refractivity contribution is -0.151. The maximum atomic E-state index is 12.7. The highest BCUT2D eigenvalue weighted by Gasteiger charge is 2.51. The number of allylic oxidation sites excluding steroid dienone is 2. The number of esters is 1. The number of nitrogens with two attached hydrogens (primary N) is 1. The van der Waals surface area contributed by atoms with Gasteiger partial charge in [0.25, 0.3) is 0 Å². The number of fused-ring (bicyclic) bond motifs is 1. The van der Waals surface area contributed by atoms with Crippen molar-refractivity contribution in [2.75, 3.05) is 18.7 Å². The zero-order valence-electron chi connectivity index (χ0n) is 14.6. The van der Waals surface area contributed by atoms with Gasteiger partial charge in [-0.25, -0.2) is 4.79 Å². The number of nitrogens with zero attached hydrogens (tertiary/aromatic N) is 1. The van der Waals surface area contributed by atoms with E-state index >= 15 is 0 Å². The lowest BCUT2D eigenvalue weighted by Crippen LogP contribution is -2.68. The molecule has 2 heterocycles. The van der Waals surface area contributed by atoms with Crippen LogP contribution in [0.15, 0.2) is 47.7 Å². The minimum Gasteiger partial charge on any atom is -0.497 e. The smallest absolute Gasteiger partial charge is 0.355 e. The van der Waals surface area contributed by atoms with E-state index in [2.05, 4.69) is 0 Å². The molecule has 0 spiro atoms. The molecule has 0 saturated carbocycles. The Hall–Kier alpha value is -1.67. The topological polar surface area (TPSA) is 81.9 Å². The van der Waals surface area contributed by atoms with Gasteiger partial charge in [0.05, 0.1) is 7.11 Å². The number of carbonyl (C=O) groups is 2. The highest BCUT2D eigenvalue weighted by molar-refractivity contribution is 8.00. The Bertz CT molecular complexity index is 767. The van der Waals surface area contributed by atoms with Crippen LogP contribution in [0.3, 0.4) is 0 Å². The maximum Gasteiger partial charge on any atom is 0.355 e. The third-order valence-electron chi connectivity index (χ3n) is 4.17. The van der Waals surface area contributed by atoms with Crippen molar-refractivity contribution in [2.45, 2.75) is 18.0 Å². The van der Waals surface area contributed by atoms with Gasteiger partial charge < -0.3 is 15.2 Å². The number of halogens is 2. The molecular formula is C18H20Cl2N2O4S. The molecule has 0 bridgehead atoms. The summed E-state index contributed by atoms with van der Waals surface area (Å²) in [4.78, 5) is 26.3. The Morgan fingerprint density at radius 2 is 2.11 bits per heavy atom. The van der Waals surface area contributed by atoms with Crippen molar-refractivity contribution >= 4 is 47.6 Å². The summed E-state index contributed by atoms with van der Waals surface area (Å²) in [5, 5.41) is -0.223. The Labute approximate surface area is 173 Å². The first kappa shape index (κ1) is 21.6. The van der Waals surface area contributed by atoms with Gasteiger partial charge in [-0.2, -0.15) is 0 Å². The Morgan fingerprint density at radius 3 is 2.74 bits per heavy atom. The van der Waals surface area contributed by atoms with Gasteiger partial charge in [0.1, 0.15) is 29.5 Å². The number of methoxy groups -OCH3 is 1. The van der Waals surface area contributed by atoms with E-state index in [-0.39, 0.29) is 36.0 Å². The van der Waals surface area contributed by atoms with Crippen LogP contribution in [0.25, 0.3) is 0 Å². The number of hydrogen-bond acceptors (Lipinski definition) is 6. The molecule has 0 aliphatic carbocycles. The zero-order chi connectivity index (χ0) is 18.7. The van der Waals surface area contributed by atoms with Gasteiger partial charge in [0.2, 0.25) is 5.91 Å². The molecule has 6 nitrogen and oxygen atoms in total. The summed E-state index contributed by atoms with van der Waals surface area (Å²) in [6.07, 6.45) is 3.50. The SMILES string of the molecule is COc1ccc(COC(=O)C2=C(/C=C\CCl)CS[C@H]3[C@H](N)C(=O)N23)cc1.Cl. The van der Waals surface area contributed by atoms with Gasteiger partial charge in [-0.05, 0) is 23.3 Å². The minimum absolute atomic E-state index is 0. The fourth-order valence-electron chi connectivity index (χ4n) is 2.78. The maximum absolute atomic E-state index is 12.7. The Balaban J connectivity index is 0.00000261. The normalized spacial score (nSPS) is 21.4. The monoisotopic (exact) mass is 430 g/mol. The molecule has 1 amide bonds. The fraction of sp³-hybridized carbons (Fsp3) is 0.333. The number of carbonyl (C=O) groups excluding carboxylic acids is 2. The van der Waals surface area contributed by atoms with Gasteiger partial charge in [-0.1, -0.05) is 24.3 Å². The first-order chi connectivity index (χ1) is 12.6. The molecule has 1 fully saturated rings. The molecule has 2 aliphatic rings. The van der Waals surface area contributed by atoms with Gasteiger partial charge in [-0.15, -0.1) is 35.8 Å². The first-order valence-corrected chi connectivity index (χ1v) is 9.61. The van der Waals surface area contributed by atoms with Crippen LogP contribution in [0, 0.1) is 0 Å². The van der Waals surface area contributed by atoms with Crippen LogP contribution in [0.5, 0.6) is 5.75 Å². The second-order valence-electron chi connectivity index (χ2n) is 5.79. The Kier molecular flexibility index (Phi) is 7.61. The van der Waals surface area contributed by atoms with Crippen LogP contribution in [-0.2, 0) is 20.9 Å². The summed E-state index contributed by atoms with van der Waals surface area (Å²) in [7, 11) is 1.59. The average molecular weight is 431 g/mol. The van der Waals surface area contributed by atoms with E-state index in [1.807, 2.05) is 12.1 Å². The van der Waals surface area contributed by atoms with Crippen molar-refractivity contribution in [1.29, 1.82) is 0 Å². The predicted octanol–water partition coefficient (Wildman–Crippen LogP) is 2.45. The lowest BCUT2D eigenvalue weighted by Gasteiger charge is -2.48. The lowest BCUT2D eigenvalue weighted by atomic mass is 10.0. The summed E-state index contributed by atoms with van der Waals surface area (Å²) in [6.45, 7) is 0.102. The predicted molar refractivity (Wildman–Crippen MR) is 108 cm³/mol. The summed E-state index contributed by atoms with van der Waals surface area (Å²) < 4.78 is 10.5. The minimum atomic E-state index is -0.581. The zero-order valence-corrected chi connectivity index (χ0v) is 17.0. The van der Waals surface area contributed by atoms with E-state index in [0.29, 0.717) is 17.2 Å². The van der Waals surface area contributed by atoms with Crippen molar-refractivity contribution in [1.82, 2.24) is 4.90 Å². The molecule has 0 radical (unpaired) electrons. The highest BCUT2D eigenvalue weighted by atomic mass is 35.5. The standard InChI is InChI=1S/C18H19ClN2O4S.ClH/c1-24-13-6-4-11(5-7-13)9-25-18(23)15-12(3-2-8-19)10-26-17-14(20)16(22)21(15)17;/h2-7,14,17H,8-10,20H2,1H3;1H/b3-2-;/t14-,17+;/m1./s1. The number of alkyl halides is 1. The highest BCUT2D eigenvalue weighted by Crippen LogP contribution is 2.40. The van der Waals surface area contributed by atoms with E-state index < -0.39 is 12.0 Å². The molecule has 0 unspecified atom stereocenters. The summed E-state index contributed by atoms with van der Waals surface area (Å²) in [5.41, 5.74) is 7.64. The van der Waals surface area contributed by atoms with Crippen LogP contribution in [0.2, 0.25) is 0 Å². The molecule has 1 aromatic carbocycles. The third-order valence-corrected chi connectivity index (χ3v) is 5.67. The number of hydrogen-bond donors (Lipinski definition) is 1.